The Balaban J connectivity index is 2.34. The van der Waals surface area contributed by atoms with E-state index in [0.29, 0.717) is 16.0 Å². The van der Waals surface area contributed by atoms with Gasteiger partial charge in [0.2, 0.25) is 0 Å². The lowest BCUT2D eigenvalue weighted by Crippen LogP contribution is -2.28. The lowest BCUT2D eigenvalue weighted by atomic mass is 9.95. The summed E-state index contributed by atoms with van der Waals surface area (Å²) in [5.74, 6) is 0.400. The molecule has 0 amide bonds. The number of anilines is 1. The van der Waals surface area contributed by atoms with Crippen LogP contribution in [0.5, 0.6) is 0 Å². The van der Waals surface area contributed by atoms with E-state index in [1.54, 1.807) is 13.0 Å². The Hall–Kier alpha value is -0.710. The van der Waals surface area contributed by atoms with Crippen molar-refractivity contribution in [3.8, 4) is 0 Å². The second kappa shape index (κ2) is 6.59. The summed E-state index contributed by atoms with van der Waals surface area (Å²) in [4.78, 5) is 0. The zero-order valence-electron chi connectivity index (χ0n) is 12.4. The summed E-state index contributed by atoms with van der Waals surface area (Å²) in [5, 5.41) is 3.20. The second-order valence-corrected chi connectivity index (χ2v) is 6.92. The van der Waals surface area contributed by atoms with Gasteiger partial charge in [-0.2, -0.15) is 13.2 Å². The minimum atomic E-state index is -4.34. The summed E-state index contributed by atoms with van der Waals surface area (Å²) in [6, 6.07) is 3.02. The van der Waals surface area contributed by atoms with Gasteiger partial charge in [0.15, 0.2) is 0 Å². The van der Waals surface area contributed by atoms with Crippen LogP contribution >= 0.6 is 15.9 Å². The Morgan fingerprint density at radius 1 is 1.14 bits per heavy atom. The predicted molar refractivity (Wildman–Crippen MR) is 83.5 cm³/mol. The molecule has 1 unspecified atom stereocenters. The van der Waals surface area contributed by atoms with Crippen molar-refractivity contribution in [1.29, 1.82) is 0 Å². The maximum absolute atomic E-state index is 13.3. The summed E-state index contributed by atoms with van der Waals surface area (Å²) < 4.78 is 40.3. The van der Waals surface area contributed by atoms with Crippen LogP contribution in [0.1, 0.15) is 50.2 Å². The molecule has 0 aromatic heterocycles. The van der Waals surface area contributed by atoms with Gasteiger partial charge in [-0.1, -0.05) is 42.1 Å². The maximum Gasteiger partial charge on any atom is 0.418 e. The summed E-state index contributed by atoms with van der Waals surface area (Å²) >= 11 is 3.16. The lowest BCUT2D eigenvalue weighted by Gasteiger charge is -2.27. The molecule has 1 aliphatic rings. The minimum absolute atomic E-state index is 0.119. The molecule has 118 valence electrons. The van der Waals surface area contributed by atoms with Gasteiger partial charge in [0.05, 0.1) is 5.56 Å². The molecule has 0 spiro atoms. The molecule has 1 aliphatic carbocycles. The maximum atomic E-state index is 13.3. The highest BCUT2D eigenvalue weighted by Gasteiger charge is 2.35. The number of alkyl halides is 3. The van der Waals surface area contributed by atoms with E-state index in [9.17, 15) is 13.2 Å². The van der Waals surface area contributed by atoms with Crippen LogP contribution in [0.4, 0.5) is 18.9 Å². The molecule has 2 atom stereocenters. The molecular formula is C16H21BrF3N. The number of benzene rings is 1. The standard InChI is InChI=1S/C16H21BrF3N/c1-10-6-4-3-5-7-14(10)21-15-11(2)8-12(17)9-13(15)16(18,19)20/h8-10,14,21H,3-7H2,1-2H3/t10?,14-/m1/s1. The molecule has 5 heteroatoms. The summed E-state index contributed by atoms with van der Waals surface area (Å²) in [5.41, 5.74) is 0.295. The molecule has 0 heterocycles. The Morgan fingerprint density at radius 3 is 2.48 bits per heavy atom. The van der Waals surface area contributed by atoms with Crippen molar-refractivity contribution in [2.75, 3.05) is 5.32 Å². The van der Waals surface area contributed by atoms with E-state index < -0.39 is 11.7 Å². The van der Waals surface area contributed by atoms with E-state index in [1.807, 2.05) is 0 Å². The van der Waals surface area contributed by atoms with E-state index in [0.717, 1.165) is 25.3 Å². The molecule has 1 saturated carbocycles. The molecule has 1 N–H and O–H groups in total. The molecule has 1 aromatic rings. The zero-order valence-corrected chi connectivity index (χ0v) is 13.9. The molecule has 21 heavy (non-hydrogen) atoms. The Labute approximate surface area is 132 Å². The van der Waals surface area contributed by atoms with Crippen LogP contribution < -0.4 is 5.32 Å². The Morgan fingerprint density at radius 2 is 1.81 bits per heavy atom. The average Bonchev–Trinajstić information content (AvgIpc) is 2.56. The van der Waals surface area contributed by atoms with Gasteiger partial charge < -0.3 is 5.32 Å². The normalized spacial score (nSPS) is 23.7. The van der Waals surface area contributed by atoms with E-state index in [4.69, 9.17) is 0 Å². The highest BCUT2D eigenvalue weighted by Crippen LogP contribution is 2.40. The molecule has 1 fully saturated rings. The van der Waals surface area contributed by atoms with Crippen molar-refractivity contribution in [1.82, 2.24) is 0 Å². The summed E-state index contributed by atoms with van der Waals surface area (Å²) in [6.07, 6.45) is 1.10. The van der Waals surface area contributed by atoms with E-state index in [-0.39, 0.29) is 11.7 Å². The monoisotopic (exact) mass is 363 g/mol. The number of rotatable bonds is 2. The average molecular weight is 364 g/mol. The lowest BCUT2D eigenvalue weighted by molar-refractivity contribution is -0.137. The number of hydrogen-bond acceptors (Lipinski definition) is 1. The number of nitrogens with one attached hydrogen (secondary N) is 1. The van der Waals surface area contributed by atoms with E-state index in [1.165, 1.54) is 12.8 Å². The summed E-state index contributed by atoms with van der Waals surface area (Å²) in [6.45, 7) is 3.86. The molecule has 0 aliphatic heterocycles. The Kier molecular flexibility index (Phi) is 5.23. The Bertz CT molecular complexity index is 499. The van der Waals surface area contributed by atoms with Crippen molar-refractivity contribution in [3.63, 3.8) is 0 Å². The van der Waals surface area contributed by atoms with Crippen LogP contribution in [0.2, 0.25) is 0 Å². The van der Waals surface area contributed by atoms with Crippen LogP contribution in [0.3, 0.4) is 0 Å². The first-order valence-corrected chi connectivity index (χ1v) is 8.22. The highest BCUT2D eigenvalue weighted by molar-refractivity contribution is 9.10. The van der Waals surface area contributed by atoms with Crippen LogP contribution in [-0.4, -0.2) is 6.04 Å². The molecule has 1 aromatic carbocycles. The zero-order chi connectivity index (χ0) is 15.6. The minimum Gasteiger partial charge on any atom is -0.381 e. The predicted octanol–water partition coefficient (Wildman–Crippen LogP) is 6.16. The highest BCUT2D eigenvalue weighted by atomic mass is 79.9. The first kappa shape index (κ1) is 16.7. The fourth-order valence-corrected chi connectivity index (χ4v) is 3.62. The summed E-state index contributed by atoms with van der Waals surface area (Å²) in [7, 11) is 0. The van der Waals surface area contributed by atoms with Gasteiger partial charge >= 0.3 is 6.18 Å². The molecule has 0 radical (unpaired) electrons. The quantitative estimate of drug-likeness (QED) is 0.620. The van der Waals surface area contributed by atoms with E-state index in [2.05, 4.69) is 28.2 Å². The molecular weight excluding hydrogens is 343 g/mol. The van der Waals surface area contributed by atoms with Crippen molar-refractivity contribution in [3.05, 3.63) is 27.7 Å². The SMILES string of the molecule is Cc1cc(Br)cc(C(F)(F)F)c1N[C@@H]1CCCCCC1C. The first-order chi connectivity index (χ1) is 9.79. The third-order valence-corrected chi connectivity index (χ3v) is 4.75. The van der Waals surface area contributed by atoms with Crippen molar-refractivity contribution in [2.45, 2.75) is 58.2 Å². The van der Waals surface area contributed by atoms with Gasteiger partial charge in [0.25, 0.3) is 0 Å². The fourth-order valence-electron chi connectivity index (χ4n) is 3.05. The fraction of sp³-hybridized carbons (Fsp3) is 0.625. The number of hydrogen-bond donors (Lipinski definition) is 1. The second-order valence-electron chi connectivity index (χ2n) is 6.01. The smallest absolute Gasteiger partial charge is 0.381 e. The van der Waals surface area contributed by atoms with Crippen molar-refractivity contribution >= 4 is 21.6 Å². The molecule has 1 nitrogen and oxygen atoms in total. The number of aryl methyl sites for hydroxylation is 1. The van der Waals surface area contributed by atoms with Gasteiger partial charge in [-0.15, -0.1) is 0 Å². The van der Waals surface area contributed by atoms with Gasteiger partial charge in [-0.3, -0.25) is 0 Å². The molecule has 0 bridgehead atoms. The van der Waals surface area contributed by atoms with Crippen molar-refractivity contribution in [2.24, 2.45) is 5.92 Å². The largest absolute Gasteiger partial charge is 0.418 e. The van der Waals surface area contributed by atoms with E-state index >= 15 is 0 Å². The number of halogens is 4. The van der Waals surface area contributed by atoms with Crippen LogP contribution in [0.15, 0.2) is 16.6 Å². The third kappa shape index (κ3) is 4.15. The third-order valence-electron chi connectivity index (χ3n) is 4.30. The first-order valence-electron chi connectivity index (χ1n) is 7.43. The van der Waals surface area contributed by atoms with Gasteiger partial charge in [-0.25, -0.2) is 0 Å². The molecule has 0 saturated heterocycles. The molecule has 2 rings (SSSR count). The van der Waals surface area contributed by atoms with Gasteiger partial charge in [0.1, 0.15) is 0 Å². The van der Waals surface area contributed by atoms with Crippen LogP contribution in [0.25, 0.3) is 0 Å². The van der Waals surface area contributed by atoms with Crippen LogP contribution in [-0.2, 0) is 6.18 Å². The topological polar surface area (TPSA) is 12.0 Å². The van der Waals surface area contributed by atoms with Gasteiger partial charge in [0, 0.05) is 16.2 Å². The van der Waals surface area contributed by atoms with Crippen LogP contribution in [0, 0.1) is 12.8 Å². The van der Waals surface area contributed by atoms with Crippen molar-refractivity contribution < 1.29 is 13.2 Å². The van der Waals surface area contributed by atoms with Gasteiger partial charge in [-0.05, 0) is 43.4 Å².